The summed E-state index contributed by atoms with van der Waals surface area (Å²) in [5.41, 5.74) is 2.91. The third-order valence-electron chi connectivity index (χ3n) is 4.12. The van der Waals surface area contributed by atoms with E-state index < -0.39 is 0 Å². The van der Waals surface area contributed by atoms with Gasteiger partial charge in [0.25, 0.3) is 0 Å². The van der Waals surface area contributed by atoms with Crippen molar-refractivity contribution in [2.45, 2.75) is 39.8 Å². The van der Waals surface area contributed by atoms with Crippen molar-refractivity contribution in [3.63, 3.8) is 0 Å². The number of furan rings is 1. The van der Waals surface area contributed by atoms with E-state index in [4.69, 9.17) is 16.0 Å². The molecule has 0 spiro atoms. The van der Waals surface area contributed by atoms with E-state index in [1.54, 1.807) is 0 Å². The summed E-state index contributed by atoms with van der Waals surface area (Å²) in [7, 11) is 0. The van der Waals surface area contributed by atoms with Crippen LogP contribution in [-0.4, -0.2) is 0 Å². The fourth-order valence-electron chi connectivity index (χ4n) is 3.18. The van der Waals surface area contributed by atoms with Crippen LogP contribution in [0.25, 0.3) is 0 Å². The summed E-state index contributed by atoms with van der Waals surface area (Å²) < 4.78 is 5.63. The van der Waals surface area contributed by atoms with Crippen LogP contribution in [0.15, 0.2) is 34.7 Å². The summed E-state index contributed by atoms with van der Waals surface area (Å²) in [4.78, 5) is 0. The van der Waals surface area contributed by atoms with Gasteiger partial charge in [-0.2, -0.15) is 0 Å². The first kappa shape index (κ1) is 13.7. The number of hydrogen-bond donors (Lipinski definition) is 1. The first-order valence-electron chi connectivity index (χ1n) is 7.03. The first-order chi connectivity index (χ1) is 9.45. The van der Waals surface area contributed by atoms with Gasteiger partial charge >= 0.3 is 0 Å². The van der Waals surface area contributed by atoms with E-state index >= 15 is 0 Å². The van der Waals surface area contributed by atoms with Gasteiger partial charge < -0.3 is 9.73 Å². The third kappa shape index (κ3) is 2.50. The molecule has 1 aliphatic carbocycles. The van der Waals surface area contributed by atoms with E-state index in [2.05, 4.69) is 31.3 Å². The largest absolute Gasteiger partial charge is 0.465 e. The number of nitrogens with one attached hydrogen (secondary N) is 1. The van der Waals surface area contributed by atoms with Crippen LogP contribution in [0, 0.1) is 12.3 Å². The van der Waals surface area contributed by atoms with Gasteiger partial charge in [-0.3, -0.25) is 0 Å². The van der Waals surface area contributed by atoms with Crippen LogP contribution in [0.4, 0.5) is 0 Å². The van der Waals surface area contributed by atoms with Gasteiger partial charge in [-0.05, 0) is 54.2 Å². The summed E-state index contributed by atoms with van der Waals surface area (Å²) in [5.74, 6) is 1.93. The summed E-state index contributed by atoms with van der Waals surface area (Å²) >= 11 is 6.16. The molecule has 1 unspecified atom stereocenters. The summed E-state index contributed by atoms with van der Waals surface area (Å²) in [6, 6.07) is 10.6. The van der Waals surface area contributed by atoms with Crippen molar-refractivity contribution in [2.24, 2.45) is 5.41 Å². The van der Waals surface area contributed by atoms with Gasteiger partial charge in [-0.1, -0.05) is 31.5 Å². The van der Waals surface area contributed by atoms with E-state index in [1.807, 2.05) is 25.1 Å². The van der Waals surface area contributed by atoms with Gasteiger partial charge in [-0.15, -0.1) is 0 Å². The predicted octanol–water partition coefficient (Wildman–Crippen LogP) is 4.65. The SMILES string of the molecule is Cc1ccc(CNC2c3cc(Cl)ccc3CC2(C)C)o1. The molecule has 0 fully saturated rings. The molecule has 0 saturated heterocycles. The molecule has 20 heavy (non-hydrogen) atoms. The van der Waals surface area contributed by atoms with Crippen LogP contribution in [-0.2, 0) is 13.0 Å². The lowest BCUT2D eigenvalue weighted by Crippen LogP contribution is -2.30. The lowest BCUT2D eigenvalue weighted by atomic mass is 9.85. The van der Waals surface area contributed by atoms with Crippen LogP contribution in [0.5, 0.6) is 0 Å². The molecule has 1 aliphatic rings. The Labute approximate surface area is 125 Å². The Bertz CT molecular complexity index is 630. The van der Waals surface area contributed by atoms with Gasteiger partial charge in [-0.25, -0.2) is 0 Å². The number of benzene rings is 1. The molecule has 0 radical (unpaired) electrons. The van der Waals surface area contributed by atoms with E-state index in [0.717, 1.165) is 29.5 Å². The zero-order valence-electron chi connectivity index (χ0n) is 12.2. The Morgan fingerprint density at radius 1 is 1.30 bits per heavy atom. The average Bonchev–Trinajstić information content (AvgIpc) is 2.87. The maximum absolute atomic E-state index is 6.16. The van der Waals surface area contributed by atoms with E-state index in [9.17, 15) is 0 Å². The Kier molecular flexibility index (Phi) is 3.39. The van der Waals surface area contributed by atoms with E-state index in [0.29, 0.717) is 6.04 Å². The number of hydrogen-bond acceptors (Lipinski definition) is 2. The molecule has 1 heterocycles. The smallest absolute Gasteiger partial charge is 0.117 e. The number of halogens is 1. The summed E-state index contributed by atoms with van der Waals surface area (Å²) in [5, 5.41) is 4.44. The highest BCUT2D eigenvalue weighted by Gasteiger charge is 2.38. The Morgan fingerprint density at radius 2 is 2.10 bits per heavy atom. The predicted molar refractivity (Wildman–Crippen MR) is 82.0 cm³/mol. The Morgan fingerprint density at radius 3 is 2.80 bits per heavy atom. The Balaban J connectivity index is 1.83. The second kappa shape index (κ2) is 4.94. The molecule has 0 aliphatic heterocycles. The minimum absolute atomic E-state index is 0.189. The van der Waals surface area contributed by atoms with Gasteiger partial charge in [0.15, 0.2) is 0 Å². The number of rotatable bonds is 3. The lowest BCUT2D eigenvalue weighted by Gasteiger charge is -2.28. The highest BCUT2D eigenvalue weighted by molar-refractivity contribution is 6.30. The maximum Gasteiger partial charge on any atom is 0.117 e. The second-order valence-corrected chi connectivity index (χ2v) is 6.77. The van der Waals surface area contributed by atoms with Gasteiger partial charge in [0.2, 0.25) is 0 Å². The number of aryl methyl sites for hydroxylation is 1. The zero-order chi connectivity index (χ0) is 14.3. The van der Waals surface area contributed by atoms with Crippen molar-refractivity contribution in [1.29, 1.82) is 0 Å². The molecule has 0 amide bonds. The number of fused-ring (bicyclic) bond motifs is 1. The molecular weight excluding hydrogens is 270 g/mol. The van der Waals surface area contributed by atoms with Gasteiger partial charge in [0.05, 0.1) is 6.54 Å². The minimum Gasteiger partial charge on any atom is -0.465 e. The quantitative estimate of drug-likeness (QED) is 0.889. The molecule has 1 aromatic carbocycles. The fraction of sp³-hybridized carbons (Fsp3) is 0.412. The molecular formula is C17H20ClNO. The topological polar surface area (TPSA) is 25.2 Å². The van der Waals surface area contributed by atoms with Crippen molar-refractivity contribution < 1.29 is 4.42 Å². The normalized spacial score (nSPS) is 20.1. The molecule has 0 bridgehead atoms. The molecule has 0 saturated carbocycles. The van der Waals surface area contributed by atoms with Gasteiger partial charge in [0.1, 0.15) is 11.5 Å². The van der Waals surface area contributed by atoms with Crippen LogP contribution in [0.3, 0.4) is 0 Å². The van der Waals surface area contributed by atoms with Crippen molar-refractivity contribution >= 4 is 11.6 Å². The molecule has 2 nitrogen and oxygen atoms in total. The highest BCUT2D eigenvalue weighted by atomic mass is 35.5. The summed E-state index contributed by atoms with van der Waals surface area (Å²) in [6.45, 7) is 7.31. The monoisotopic (exact) mass is 289 g/mol. The fourth-order valence-corrected chi connectivity index (χ4v) is 3.36. The molecule has 2 aromatic rings. The van der Waals surface area contributed by atoms with Crippen LogP contribution in [0.1, 0.15) is 42.5 Å². The second-order valence-electron chi connectivity index (χ2n) is 6.33. The van der Waals surface area contributed by atoms with Crippen LogP contribution < -0.4 is 5.32 Å². The van der Waals surface area contributed by atoms with Crippen molar-refractivity contribution in [1.82, 2.24) is 5.32 Å². The molecule has 1 atom stereocenters. The average molecular weight is 290 g/mol. The van der Waals surface area contributed by atoms with Crippen molar-refractivity contribution in [3.8, 4) is 0 Å². The molecule has 3 rings (SSSR count). The van der Waals surface area contributed by atoms with E-state index in [1.165, 1.54) is 11.1 Å². The Hall–Kier alpha value is -1.25. The zero-order valence-corrected chi connectivity index (χ0v) is 12.9. The van der Waals surface area contributed by atoms with Gasteiger partial charge in [0, 0.05) is 11.1 Å². The van der Waals surface area contributed by atoms with E-state index in [-0.39, 0.29) is 5.41 Å². The van der Waals surface area contributed by atoms with Crippen LogP contribution >= 0.6 is 11.6 Å². The third-order valence-corrected chi connectivity index (χ3v) is 4.36. The minimum atomic E-state index is 0.189. The maximum atomic E-state index is 6.16. The highest BCUT2D eigenvalue weighted by Crippen LogP contribution is 2.45. The van der Waals surface area contributed by atoms with Crippen molar-refractivity contribution in [2.75, 3.05) is 0 Å². The molecule has 1 N–H and O–H groups in total. The lowest BCUT2D eigenvalue weighted by molar-refractivity contribution is 0.261. The molecule has 1 aromatic heterocycles. The van der Waals surface area contributed by atoms with Crippen LogP contribution in [0.2, 0.25) is 5.02 Å². The van der Waals surface area contributed by atoms with Crippen molar-refractivity contribution in [3.05, 3.63) is 58.0 Å². The summed E-state index contributed by atoms with van der Waals surface area (Å²) in [6.07, 6.45) is 1.08. The molecule has 106 valence electrons. The molecule has 3 heteroatoms. The standard InChI is InChI=1S/C17H20ClNO/c1-11-4-7-14(20-11)10-19-16-15-8-13(18)6-5-12(15)9-17(16,2)3/h4-8,16,19H,9-10H2,1-3H3. The first-order valence-corrected chi connectivity index (χ1v) is 7.40.